The Hall–Kier alpha value is -1.26. The second kappa shape index (κ2) is 8.18. The minimum Gasteiger partial charge on any atom is -0.444 e. The Kier molecular flexibility index (Phi) is 6.62. The molecule has 1 amide bonds. The lowest BCUT2D eigenvalue weighted by molar-refractivity contribution is 0.00711. The summed E-state index contributed by atoms with van der Waals surface area (Å²) in [6.07, 6.45) is 3.38. The Bertz CT molecular complexity index is 684. The van der Waals surface area contributed by atoms with Gasteiger partial charge in [-0.2, -0.15) is 0 Å². The van der Waals surface area contributed by atoms with E-state index in [1.54, 1.807) is 23.1 Å². The van der Waals surface area contributed by atoms with Crippen LogP contribution in [0, 0.1) is 0 Å². The molecule has 0 N–H and O–H groups in total. The molecule has 1 fully saturated rings. The van der Waals surface area contributed by atoms with Gasteiger partial charge in [0.1, 0.15) is 11.1 Å². The van der Waals surface area contributed by atoms with Crippen molar-refractivity contribution >= 4 is 35.1 Å². The number of amides is 1. The number of ether oxygens (including phenoxy) is 1. The highest BCUT2D eigenvalue weighted by Crippen LogP contribution is 2.39. The number of carbonyl (C=O) groups excluding carboxylic acids is 2. The Morgan fingerprint density at radius 1 is 1.23 bits per heavy atom. The molecule has 1 aliphatic heterocycles. The number of unbranched alkanes of at least 4 members (excludes halogenated alkanes) is 1. The monoisotopic (exact) mass is 399 g/mol. The largest absolute Gasteiger partial charge is 0.444 e. The average molecular weight is 400 g/mol. The van der Waals surface area contributed by atoms with Crippen molar-refractivity contribution in [1.29, 1.82) is 0 Å². The first-order valence-electron chi connectivity index (χ1n) is 9.11. The number of likely N-dealkylation sites (tertiary alicyclic amines) is 1. The van der Waals surface area contributed by atoms with E-state index >= 15 is 0 Å². The summed E-state index contributed by atoms with van der Waals surface area (Å²) >= 11 is 12.1. The van der Waals surface area contributed by atoms with Crippen LogP contribution in [0.3, 0.4) is 0 Å². The van der Waals surface area contributed by atoms with E-state index < -0.39 is 17.2 Å². The first-order valence-corrected chi connectivity index (χ1v) is 9.87. The van der Waals surface area contributed by atoms with Crippen LogP contribution in [0.4, 0.5) is 4.79 Å². The van der Waals surface area contributed by atoms with Crippen LogP contribution in [-0.2, 0) is 4.74 Å². The number of Topliss-reactive ketones (excluding diaryl/α,β-unsaturated/α-hetero) is 1. The first-order chi connectivity index (χ1) is 12.1. The highest BCUT2D eigenvalue weighted by Gasteiger charge is 2.50. The Morgan fingerprint density at radius 2 is 1.92 bits per heavy atom. The van der Waals surface area contributed by atoms with Gasteiger partial charge in [0, 0.05) is 12.1 Å². The van der Waals surface area contributed by atoms with Crippen molar-refractivity contribution in [3.05, 3.63) is 33.8 Å². The van der Waals surface area contributed by atoms with Gasteiger partial charge in [-0.05, 0) is 58.2 Å². The molecule has 1 aromatic carbocycles. The van der Waals surface area contributed by atoms with Crippen LogP contribution in [0.15, 0.2) is 18.2 Å². The van der Waals surface area contributed by atoms with Crippen molar-refractivity contribution in [2.24, 2.45) is 0 Å². The molecule has 0 aromatic heterocycles. The maximum atomic E-state index is 13.5. The maximum absolute atomic E-state index is 13.5. The molecule has 1 atom stereocenters. The third kappa shape index (κ3) is 4.52. The highest BCUT2D eigenvalue weighted by atomic mass is 35.5. The number of hydrogen-bond donors (Lipinski definition) is 0. The summed E-state index contributed by atoms with van der Waals surface area (Å²) in [5.41, 5.74) is -1.01. The van der Waals surface area contributed by atoms with Crippen LogP contribution in [0.1, 0.15) is 70.2 Å². The van der Waals surface area contributed by atoms with E-state index in [4.69, 9.17) is 27.9 Å². The number of ketones is 1. The fraction of sp³-hybridized carbons (Fsp3) is 0.600. The molecule has 144 valence electrons. The number of carbonyl (C=O) groups is 2. The molecule has 2 rings (SSSR count). The van der Waals surface area contributed by atoms with Gasteiger partial charge in [-0.1, -0.05) is 43.0 Å². The normalized spacial score (nSPS) is 20.3. The van der Waals surface area contributed by atoms with E-state index in [1.807, 2.05) is 20.8 Å². The molecule has 0 bridgehead atoms. The van der Waals surface area contributed by atoms with Crippen LogP contribution in [0.2, 0.25) is 10.0 Å². The molecule has 0 saturated carbocycles. The Balaban J connectivity index is 2.40. The predicted molar refractivity (Wildman–Crippen MR) is 105 cm³/mol. The molecule has 1 unspecified atom stereocenters. The van der Waals surface area contributed by atoms with Crippen molar-refractivity contribution in [2.45, 2.75) is 70.9 Å². The van der Waals surface area contributed by atoms with Crippen LogP contribution in [0.25, 0.3) is 0 Å². The maximum Gasteiger partial charge on any atom is 0.411 e. The van der Waals surface area contributed by atoms with Crippen LogP contribution in [0.5, 0.6) is 0 Å². The Morgan fingerprint density at radius 3 is 2.50 bits per heavy atom. The van der Waals surface area contributed by atoms with E-state index in [0.29, 0.717) is 35.0 Å². The summed E-state index contributed by atoms with van der Waals surface area (Å²) in [5, 5.41) is 0.742. The van der Waals surface area contributed by atoms with Crippen molar-refractivity contribution in [3.8, 4) is 0 Å². The van der Waals surface area contributed by atoms with Gasteiger partial charge >= 0.3 is 6.09 Å². The molecule has 0 spiro atoms. The summed E-state index contributed by atoms with van der Waals surface area (Å²) in [5.74, 6) is -0.0899. The zero-order chi connectivity index (χ0) is 19.5. The average Bonchev–Trinajstić information content (AvgIpc) is 2.98. The van der Waals surface area contributed by atoms with Gasteiger partial charge in [0.05, 0.1) is 10.0 Å². The van der Waals surface area contributed by atoms with Gasteiger partial charge < -0.3 is 4.74 Å². The third-order valence-electron chi connectivity index (χ3n) is 4.65. The lowest BCUT2D eigenvalue weighted by Gasteiger charge is -2.38. The zero-order valence-corrected chi connectivity index (χ0v) is 17.4. The second-order valence-corrected chi connectivity index (χ2v) is 8.64. The lowest BCUT2D eigenvalue weighted by atomic mass is 9.82. The lowest BCUT2D eigenvalue weighted by Crippen LogP contribution is -2.54. The standard InChI is InChI=1S/C20H27Cl2NO3/c1-5-6-10-20(17(24)14-8-9-15(21)16(22)13-14)11-7-12-23(20)18(25)26-19(2,3)4/h8-9,13H,5-7,10-12H2,1-4H3. The van der Waals surface area contributed by atoms with Gasteiger partial charge in [0.2, 0.25) is 0 Å². The summed E-state index contributed by atoms with van der Waals surface area (Å²) in [7, 11) is 0. The van der Waals surface area contributed by atoms with Crippen molar-refractivity contribution in [3.63, 3.8) is 0 Å². The molecule has 0 aliphatic carbocycles. The minimum atomic E-state index is -0.879. The van der Waals surface area contributed by atoms with Gasteiger partial charge in [-0.3, -0.25) is 9.69 Å². The van der Waals surface area contributed by atoms with Crippen molar-refractivity contribution in [1.82, 2.24) is 4.90 Å². The number of benzene rings is 1. The van der Waals surface area contributed by atoms with Crippen molar-refractivity contribution < 1.29 is 14.3 Å². The van der Waals surface area contributed by atoms with Gasteiger partial charge in [0.15, 0.2) is 5.78 Å². The molecular formula is C20H27Cl2NO3. The smallest absolute Gasteiger partial charge is 0.411 e. The quantitative estimate of drug-likeness (QED) is 0.558. The summed E-state index contributed by atoms with van der Waals surface area (Å²) in [4.78, 5) is 27.9. The van der Waals surface area contributed by atoms with Gasteiger partial charge in [0.25, 0.3) is 0 Å². The number of halogens is 2. The molecule has 1 heterocycles. The SMILES string of the molecule is CCCCC1(C(=O)c2ccc(Cl)c(Cl)c2)CCCN1C(=O)OC(C)(C)C. The van der Waals surface area contributed by atoms with E-state index in [9.17, 15) is 9.59 Å². The topological polar surface area (TPSA) is 46.6 Å². The van der Waals surface area contributed by atoms with Gasteiger partial charge in [-0.15, -0.1) is 0 Å². The van der Waals surface area contributed by atoms with E-state index in [2.05, 4.69) is 6.92 Å². The van der Waals surface area contributed by atoms with E-state index in [-0.39, 0.29) is 5.78 Å². The Labute approximate surface area is 165 Å². The fourth-order valence-electron chi connectivity index (χ4n) is 3.45. The zero-order valence-electron chi connectivity index (χ0n) is 15.9. The predicted octanol–water partition coefficient (Wildman–Crippen LogP) is 6.14. The molecule has 0 radical (unpaired) electrons. The van der Waals surface area contributed by atoms with E-state index in [1.165, 1.54) is 0 Å². The van der Waals surface area contributed by atoms with E-state index in [0.717, 1.165) is 19.3 Å². The second-order valence-electron chi connectivity index (χ2n) is 7.83. The third-order valence-corrected chi connectivity index (χ3v) is 5.39. The molecule has 1 aliphatic rings. The number of hydrogen-bond acceptors (Lipinski definition) is 3. The van der Waals surface area contributed by atoms with Crippen LogP contribution in [-0.4, -0.2) is 34.5 Å². The molecule has 26 heavy (non-hydrogen) atoms. The van der Waals surface area contributed by atoms with Crippen LogP contribution >= 0.6 is 23.2 Å². The number of rotatable bonds is 5. The molecule has 1 saturated heterocycles. The summed E-state index contributed by atoms with van der Waals surface area (Å²) in [6, 6.07) is 4.89. The number of nitrogens with zero attached hydrogens (tertiary/aromatic N) is 1. The highest BCUT2D eigenvalue weighted by molar-refractivity contribution is 6.42. The minimum absolute atomic E-state index is 0.0899. The molecule has 1 aromatic rings. The van der Waals surface area contributed by atoms with Crippen LogP contribution < -0.4 is 0 Å². The summed E-state index contributed by atoms with van der Waals surface area (Å²) in [6.45, 7) is 8.08. The first kappa shape index (κ1) is 21.0. The molecule has 6 heteroatoms. The van der Waals surface area contributed by atoms with Crippen molar-refractivity contribution in [2.75, 3.05) is 6.54 Å². The molecule has 4 nitrogen and oxygen atoms in total. The summed E-state index contributed by atoms with van der Waals surface area (Å²) < 4.78 is 5.57. The van der Waals surface area contributed by atoms with Gasteiger partial charge in [-0.25, -0.2) is 4.79 Å². The fourth-order valence-corrected chi connectivity index (χ4v) is 3.74. The molecular weight excluding hydrogens is 373 g/mol.